The Bertz CT molecular complexity index is 906. The number of carbonyl (C=O) groups excluding carboxylic acids is 2. The molecule has 3 rings (SSSR count). The van der Waals surface area contributed by atoms with Crippen LogP contribution in [0.4, 0.5) is 5.13 Å². The number of hydrogen-bond acceptors (Lipinski definition) is 8. The second-order valence-electron chi connectivity index (χ2n) is 5.55. The summed E-state index contributed by atoms with van der Waals surface area (Å²) in [4.78, 5) is 31.8. The van der Waals surface area contributed by atoms with Gasteiger partial charge >= 0.3 is 5.97 Å². The molecule has 8 nitrogen and oxygen atoms in total. The van der Waals surface area contributed by atoms with Gasteiger partial charge in [0.2, 0.25) is 11.0 Å². The number of para-hydroxylation sites is 2. The third kappa shape index (κ3) is 5.04. The first kappa shape index (κ1) is 19.3. The van der Waals surface area contributed by atoms with E-state index in [-0.39, 0.29) is 23.5 Å². The maximum Gasteiger partial charge on any atom is 0.312 e. The lowest BCUT2D eigenvalue weighted by Gasteiger charge is -2.11. The van der Waals surface area contributed by atoms with Gasteiger partial charge in [-0.15, -0.1) is 10.2 Å². The van der Waals surface area contributed by atoms with Crippen LogP contribution < -0.4 is 5.32 Å². The molecule has 0 fully saturated rings. The SMILES string of the molecule is CCOC(=O)Cc1nnc(NC(=O)C(CC)Sc2nc3ccccc3[nH]2)s1. The highest BCUT2D eigenvalue weighted by atomic mass is 32.2. The van der Waals surface area contributed by atoms with Crippen LogP contribution in [0.15, 0.2) is 29.4 Å². The average Bonchev–Trinajstić information content (AvgIpc) is 3.25. The van der Waals surface area contributed by atoms with Crippen molar-refractivity contribution in [3.8, 4) is 0 Å². The highest BCUT2D eigenvalue weighted by molar-refractivity contribution is 8.00. The quantitative estimate of drug-likeness (QED) is 0.438. The number of carbonyl (C=O) groups is 2. The smallest absolute Gasteiger partial charge is 0.312 e. The summed E-state index contributed by atoms with van der Waals surface area (Å²) in [5.74, 6) is -0.541. The van der Waals surface area contributed by atoms with E-state index in [4.69, 9.17) is 4.74 Å². The van der Waals surface area contributed by atoms with Gasteiger partial charge in [-0.2, -0.15) is 0 Å². The van der Waals surface area contributed by atoms with Crippen LogP contribution in [0.3, 0.4) is 0 Å². The van der Waals surface area contributed by atoms with E-state index >= 15 is 0 Å². The first-order chi connectivity index (χ1) is 13.1. The second kappa shape index (κ2) is 8.96. The molecular weight excluding hydrogens is 386 g/mol. The van der Waals surface area contributed by atoms with E-state index in [1.165, 1.54) is 23.1 Å². The van der Waals surface area contributed by atoms with Crippen LogP contribution >= 0.6 is 23.1 Å². The molecule has 0 saturated carbocycles. The predicted octanol–water partition coefficient (Wildman–Crippen LogP) is 3.03. The number of esters is 1. The fourth-order valence-electron chi connectivity index (χ4n) is 2.34. The zero-order chi connectivity index (χ0) is 19.2. The summed E-state index contributed by atoms with van der Waals surface area (Å²) >= 11 is 2.54. The number of ether oxygens (including phenoxy) is 1. The molecule has 1 amide bonds. The number of hydrogen-bond donors (Lipinski definition) is 2. The van der Waals surface area contributed by atoms with Crippen molar-refractivity contribution in [3.63, 3.8) is 0 Å². The summed E-state index contributed by atoms with van der Waals surface area (Å²) in [7, 11) is 0. The van der Waals surface area contributed by atoms with Crippen LogP contribution in [-0.4, -0.2) is 43.9 Å². The number of thioether (sulfide) groups is 1. The van der Waals surface area contributed by atoms with Crippen molar-refractivity contribution in [2.75, 3.05) is 11.9 Å². The Morgan fingerprint density at radius 1 is 1.30 bits per heavy atom. The molecule has 3 aromatic rings. The van der Waals surface area contributed by atoms with E-state index in [0.717, 1.165) is 11.0 Å². The van der Waals surface area contributed by atoms with Gasteiger partial charge in [0, 0.05) is 0 Å². The summed E-state index contributed by atoms with van der Waals surface area (Å²) in [6.07, 6.45) is 0.675. The number of rotatable bonds is 8. The van der Waals surface area contributed by atoms with Gasteiger partial charge in [0.1, 0.15) is 5.01 Å². The molecule has 10 heteroatoms. The van der Waals surface area contributed by atoms with Crippen LogP contribution in [0.1, 0.15) is 25.3 Å². The van der Waals surface area contributed by atoms with E-state index in [1.807, 2.05) is 31.2 Å². The predicted molar refractivity (Wildman–Crippen MR) is 105 cm³/mol. The van der Waals surface area contributed by atoms with Crippen molar-refractivity contribution in [3.05, 3.63) is 29.3 Å². The minimum Gasteiger partial charge on any atom is -0.466 e. The molecule has 0 spiro atoms. The molecule has 1 unspecified atom stereocenters. The molecule has 27 heavy (non-hydrogen) atoms. The maximum absolute atomic E-state index is 12.6. The Morgan fingerprint density at radius 2 is 2.11 bits per heavy atom. The Hall–Kier alpha value is -2.46. The first-order valence-electron chi connectivity index (χ1n) is 8.49. The minimum absolute atomic E-state index is 0.0479. The molecule has 0 radical (unpaired) electrons. The number of amides is 1. The van der Waals surface area contributed by atoms with Gasteiger partial charge in [0.25, 0.3) is 0 Å². The minimum atomic E-state index is -0.363. The van der Waals surface area contributed by atoms with Crippen molar-refractivity contribution in [1.82, 2.24) is 20.2 Å². The maximum atomic E-state index is 12.6. The summed E-state index contributed by atoms with van der Waals surface area (Å²) in [6.45, 7) is 4.00. The Kier molecular flexibility index (Phi) is 6.40. The van der Waals surface area contributed by atoms with Crippen LogP contribution in [0.2, 0.25) is 0 Å². The lowest BCUT2D eigenvalue weighted by molar-refractivity contribution is -0.142. The van der Waals surface area contributed by atoms with Crippen molar-refractivity contribution in [2.24, 2.45) is 0 Å². The number of fused-ring (bicyclic) bond motifs is 1. The van der Waals surface area contributed by atoms with Gasteiger partial charge in [-0.25, -0.2) is 4.98 Å². The van der Waals surface area contributed by atoms with E-state index in [2.05, 4.69) is 25.5 Å². The number of nitrogens with zero attached hydrogens (tertiary/aromatic N) is 3. The molecular formula is C17H19N5O3S2. The molecule has 0 aliphatic heterocycles. The molecule has 1 atom stereocenters. The normalized spacial score (nSPS) is 12.1. The summed E-state index contributed by atoms with van der Waals surface area (Å²) in [6, 6.07) is 7.72. The van der Waals surface area contributed by atoms with E-state index < -0.39 is 0 Å². The lowest BCUT2D eigenvalue weighted by atomic mass is 10.3. The van der Waals surface area contributed by atoms with Crippen LogP contribution in [0.25, 0.3) is 11.0 Å². The topological polar surface area (TPSA) is 110 Å². The molecule has 0 aliphatic carbocycles. The van der Waals surface area contributed by atoms with Crippen molar-refractivity contribution in [2.45, 2.75) is 37.1 Å². The number of benzene rings is 1. The number of H-pyrrole nitrogens is 1. The highest BCUT2D eigenvalue weighted by Gasteiger charge is 2.21. The molecule has 0 bridgehead atoms. The Balaban J connectivity index is 1.61. The number of aromatic amines is 1. The first-order valence-corrected chi connectivity index (χ1v) is 10.2. The summed E-state index contributed by atoms with van der Waals surface area (Å²) < 4.78 is 4.88. The van der Waals surface area contributed by atoms with Gasteiger partial charge in [-0.1, -0.05) is 42.2 Å². The molecule has 2 heterocycles. The highest BCUT2D eigenvalue weighted by Crippen LogP contribution is 2.27. The number of imidazole rings is 1. The average molecular weight is 406 g/mol. The van der Waals surface area contributed by atoms with E-state index in [1.54, 1.807) is 6.92 Å². The zero-order valence-electron chi connectivity index (χ0n) is 14.9. The number of nitrogens with one attached hydrogen (secondary N) is 2. The van der Waals surface area contributed by atoms with Crippen LogP contribution in [-0.2, 0) is 20.7 Å². The third-order valence-corrected chi connectivity index (χ3v) is 5.67. The fourth-order valence-corrected chi connectivity index (χ4v) is 3.99. The molecule has 142 valence electrons. The molecule has 0 aliphatic rings. The van der Waals surface area contributed by atoms with Crippen molar-refractivity contribution < 1.29 is 14.3 Å². The Morgan fingerprint density at radius 3 is 2.85 bits per heavy atom. The molecule has 0 saturated heterocycles. The van der Waals surface area contributed by atoms with Crippen LogP contribution in [0.5, 0.6) is 0 Å². The van der Waals surface area contributed by atoms with Gasteiger partial charge in [0.15, 0.2) is 5.16 Å². The van der Waals surface area contributed by atoms with Crippen LogP contribution in [0, 0.1) is 0 Å². The monoisotopic (exact) mass is 405 g/mol. The van der Waals surface area contributed by atoms with Crippen molar-refractivity contribution >= 4 is 51.1 Å². The fraction of sp³-hybridized carbons (Fsp3) is 0.353. The lowest BCUT2D eigenvalue weighted by Crippen LogP contribution is -2.24. The zero-order valence-corrected chi connectivity index (χ0v) is 16.5. The van der Waals surface area contributed by atoms with Gasteiger partial charge in [0.05, 0.1) is 29.3 Å². The van der Waals surface area contributed by atoms with Gasteiger partial charge in [-0.05, 0) is 25.5 Å². The summed E-state index contributed by atoms with van der Waals surface area (Å²) in [5.41, 5.74) is 1.80. The van der Waals surface area contributed by atoms with Gasteiger partial charge in [-0.3, -0.25) is 14.9 Å². The molecule has 2 aromatic heterocycles. The third-order valence-electron chi connectivity index (χ3n) is 3.58. The van der Waals surface area contributed by atoms with Crippen molar-refractivity contribution in [1.29, 1.82) is 0 Å². The number of aromatic nitrogens is 4. The Labute approximate surface area is 164 Å². The van der Waals surface area contributed by atoms with E-state index in [9.17, 15) is 9.59 Å². The second-order valence-corrected chi connectivity index (χ2v) is 7.80. The number of anilines is 1. The molecule has 2 N–H and O–H groups in total. The van der Waals surface area contributed by atoms with E-state index in [0.29, 0.717) is 28.3 Å². The standard InChI is InChI=1S/C17H19N5O3S2/c1-3-12(26-16-18-10-7-5-6-8-11(10)19-16)15(24)20-17-22-21-13(27-17)9-14(23)25-4-2/h5-8,12H,3-4,9H2,1-2H3,(H,18,19)(H,20,22,24). The van der Waals surface area contributed by atoms with Gasteiger partial charge < -0.3 is 9.72 Å². The summed E-state index contributed by atoms with van der Waals surface area (Å²) in [5, 5.41) is 11.8. The molecule has 1 aromatic carbocycles. The largest absolute Gasteiger partial charge is 0.466 e.